The van der Waals surface area contributed by atoms with Crippen molar-refractivity contribution in [1.82, 2.24) is 0 Å². The SMILES string of the molecule is O=C(O)[C@@H]1Nc2c(F)cc(Cl)cc2[C@H]2C=CC[C@H]21. The fourth-order valence-corrected chi connectivity index (χ4v) is 3.08. The number of halogens is 2. The lowest BCUT2D eigenvalue weighted by molar-refractivity contribution is -0.139. The molecule has 1 aromatic carbocycles. The molecule has 0 radical (unpaired) electrons. The van der Waals surface area contributed by atoms with Gasteiger partial charge in [-0.1, -0.05) is 23.8 Å². The molecule has 3 rings (SSSR count). The van der Waals surface area contributed by atoms with Gasteiger partial charge in [0, 0.05) is 16.9 Å². The van der Waals surface area contributed by atoms with Gasteiger partial charge in [0.05, 0.1) is 5.69 Å². The monoisotopic (exact) mass is 267 g/mol. The average Bonchev–Trinajstić information content (AvgIpc) is 2.76. The topological polar surface area (TPSA) is 49.3 Å². The van der Waals surface area contributed by atoms with Crippen molar-refractivity contribution < 1.29 is 14.3 Å². The summed E-state index contributed by atoms with van der Waals surface area (Å²) in [7, 11) is 0. The van der Waals surface area contributed by atoms with Crippen LogP contribution in [0.1, 0.15) is 17.9 Å². The maximum atomic E-state index is 13.9. The van der Waals surface area contributed by atoms with Crippen LogP contribution in [-0.2, 0) is 4.79 Å². The first-order valence-corrected chi connectivity index (χ1v) is 6.10. The summed E-state index contributed by atoms with van der Waals surface area (Å²) >= 11 is 5.86. The van der Waals surface area contributed by atoms with Crippen molar-refractivity contribution in [2.24, 2.45) is 5.92 Å². The molecule has 0 fully saturated rings. The van der Waals surface area contributed by atoms with Crippen LogP contribution in [0.25, 0.3) is 0 Å². The molecule has 0 saturated heterocycles. The van der Waals surface area contributed by atoms with E-state index in [1.807, 2.05) is 12.2 Å². The van der Waals surface area contributed by atoms with E-state index < -0.39 is 17.8 Å². The molecule has 1 aliphatic heterocycles. The van der Waals surface area contributed by atoms with Crippen LogP contribution < -0.4 is 5.32 Å². The van der Waals surface area contributed by atoms with Crippen LogP contribution >= 0.6 is 11.6 Å². The van der Waals surface area contributed by atoms with Crippen LogP contribution in [0.15, 0.2) is 24.3 Å². The van der Waals surface area contributed by atoms with E-state index in [1.54, 1.807) is 6.07 Å². The Bertz CT molecular complexity index is 558. The van der Waals surface area contributed by atoms with Crippen molar-refractivity contribution in [2.75, 3.05) is 5.32 Å². The van der Waals surface area contributed by atoms with Gasteiger partial charge in [-0.15, -0.1) is 0 Å². The summed E-state index contributed by atoms with van der Waals surface area (Å²) in [5.74, 6) is -1.60. The molecule has 0 saturated carbocycles. The molecule has 0 aromatic heterocycles. The Morgan fingerprint density at radius 1 is 1.50 bits per heavy atom. The molecule has 3 nitrogen and oxygen atoms in total. The third-order valence-electron chi connectivity index (χ3n) is 3.65. The van der Waals surface area contributed by atoms with Gasteiger partial charge in [0.1, 0.15) is 11.9 Å². The van der Waals surface area contributed by atoms with Crippen molar-refractivity contribution in [3.05, 3.63) is 40.7 Å². The quantitative estimate of drug-likeness (QED) is 0.769. The van der Waals surface area contributed by atoms with Gasteiger partial charge in [-0.2, -0.15) is 0 Å². The number of fused-ring (bicyclic) bond motifs is 3. The molecule has 18 heavy (non-hydrogen) atoms. The largest absolute Gasteiger partial charge is 0.480 e. The van der Waals surface area contributed by atoms with Gasteiger partial charge in [-0.05, 0) is 24.1 Å². The fraction of sp³-hybridized carbons (Fsp3) is 0.308. The van der Waals surface area contributed by atoms with E-state index in [-0.39, 0.29) is 17.5 Å². The number of hydrogen-bond donors (Lipinski definition) is 2. The number of nitrogens with one attached hydrogen (secondary N) is 1. The molecule has 1 aromatic rings. The molecule has 0 bridgehead atoms. The van der Waals surface area contributed by atoms with E-state index in [4.69, 9.17) is 11.6 Å². The van der Waals surface area contributed by atoms with E-state index in [0.29, 0.717) is 11.4 Å². The van der Waals surface area contributed by atoms with Gasteiger partial charge in [0.2, 0.25) is 0 Å². The lowest BCUT2D eigenvalue weighted by atomic mass is 9.79. The molecule has 1 aliphatic carbocycles. The van der Waals surface area contributed by atoms with Gasteiger partial charge in [0.25, 0.3) is 0 Å². The predicted molar refractivity (Wildman–Crippen MR) is 66.4 cm³/mol. The third kappa shape index (κ3) is 1.60. The normalized spacial score (nSPS) is 28.4. The third-order valence-corrected chi connectivity index (χ3v) is 3.87. The zero-order valence-corrected chi connectivity index (χ0v) is 10.1. The Morgan fingerprint density at radius 2 is 2.28 bits per heavy atom. The second-order valence-corrected chi connectivity index (χ2v) is 5.10. The summed E-state index contributed by atoms with van der Waals surface area (Å²) in [5, 5.41) is 12.3. The van der Waals surface area contributed by atoms with Gasteiger partial charge in [0.15, 0.2) is 0 Å². The van der Waals surface area contributed by atoms with Crippen molar-refractivity contribution >= 4 is 23.3 Å². The maximum Gasteiger partial charge on any atom is 0.326 e. The number of allylic oxidation sites excluding steroid dienone is 2. The first kappa shape index (κ1) is 11.5. The van der Waals surface area contributed by atoms with Gasteiger partial charge in [-0.3, -0.25) is 0 Å². The molecule has 2 N–H and O–H groups in total. The maximum absolute atomic E-state index is 13.9. The van der Waals surface area contributed by atoms with E-state index in [0.717, 1.165) is 5.56 Å². The summed E-state index contributed by atoms with van der Waals surface area (Å²) in [6, 6.07) is 2.15. The number of carboxylic acids is 1. The molecule has 2 aliphatic rings. The van der Waals surface area contributed by atoms with Crippen LogP contribution in [0.4, 0.5) is 10.1 Å². The van der Waals surface area contributed by atoms with Gasteiger partial charge in [-0.25, -0.2) is 9.18 Å². The molecule has 94 valence electrons. The number of hydrogen-bond acceptors (Lipinski definition) is 2. The zero-order chi connectivity index (χ0) is 12.9. The van der Waals surface area contributed by atoms with Gasteiger partial charge < -0.3 is 10.4 Å². The predicted octanol–water partition coefficient (Wildman–Crippen LogP) is 3.02. The number of benzene rings is 1. The smallest absolute Gasteiger partial charge is 0.326 e. The van der Waals surface area contributed by atoms with E-state index in [2.05, 4.69) is 5.32 Å². The highest BCUT2D eigenvalue weighted by atomic mass is 35.5. The lowest BCUT2D eigenvalue weighted by Crippen LogP contribution is -2.42. The highest BCUT2D eigenvalue weighted by Crippen LogP contribution is 2.46. The number of carbonyl (C=O) groups is 1. The minimum absolute atomic E-state index is 0.0736. The Morgan fingerprint density at radius 3 is 3.00 bits per heavy atom. The van der Waals surface area contributed by atoms with Crippen LogP contribution in [0.2, 0.25) is 5.02 Å². The van der Waals surface area contributed by atoms with Crippen LogP contribution in [0.3, 0.4) is 0 Å². The number of carboxylic acid groups (broad SMARTS) is 1. The minimum Gasteiger partial charge on any atom is -0.480 e. The number of rotatable bonds is 1. The first-order chi connectivity index (χ1) is 8.58. The summed E-state index contributed by atoms with van der Waals surface area (Å²) in [5.41, 5.74) is 1.01. The molecule has 3 atom stereocenters. The average molecular weight is 268 g/mol. The number of aliphatic carboxylic acids is 1. The Balaban J connectivity index is 2.14. The van der Waals surface area contributed by atoms with Gasteiger partial charge >= 0.3 is 5.97 Å². The number of anilines is 1. The summed E-state index contributed by atoms with van der Waals surface area (Å²) in [4.78, 5) is 11.2. The van der Waals surface area contributed by atoms with E-state index >= 15 is 0 Å². The van der Waals surface area contributed by atoms with Crippen LogP contribution in [0, 0.1) is 11.7 Å². The molecule has 5 heteroatoms. The van der Waals surface area contributed by atoms with Crippen molar-refractivity contribution in [1.29, 1.82) is 0 Å². The van der Waals surface area contributed by atoms with Crippen LogP contribution in [0.5, 0.6) is 0 Å². The summed E-state index contributed by atoms with van der Waals surface area (Å²) in [6.07, 6.45) is 4.57. The molecular formula is C13H11ClFNO2. The van der Waals surface area contributed by atoms with Crippen molar-refractivity contribution in [3.63, 3.8) is 0 Å². The Hall–Kier alpha value is -1.55. The van der Waals surface area contributed by atoms with E-state index in [9.17, 15) is 14.3 Å². The second-order valence-electron chi connectivity index (χ2n) is 4.67. The molecule has 0 amide bonds. The fourth-order valence-electron chi connectivity index (χ4n) is 2.87. The van der Waals surface area contributed by atoms with Crippen molar-refractivity contribution in [2.45, 2.75) is 18.4 Å². The molecule has 0 spiro atoms. The molecule has 1 heterocycles. The summed E-state index contributed by atoms with van der Waals surface area (Å²) in [6.45, 7) is 0. The standard InChI is InChI=1S/C13H11ClFNO2/c14-6-4-9-7-2-1-3-8(7)12(13(17)18)16-11(9)10(15)5-6/h1-2,4-5,7-8,12,16H,3H2,(H,17,18)/t7-,8+,12+/m0/s1. The first-order valence-electron chi connectivity index (χ1n) is 5.73. The summed E-state index contributed by atoms with van der Waals surface area (Å²) < 4.78 is 13.9. The highest BCUT2D eigenvalue weighted by Gasteiger charge is 2.41. The second kappa shape index (κ2) is 3.99. The zero-order valence-electron chi connectivity index (χ0n) is 9.36. The molecule has 0 unspecified atom stereocenters. The minimum atomic E-state index is -0.950. The Kier molecular flexibility index (Phi) is 2.55. The molecular weight excluding hydrogens is 257 g/mol. The lowest BCUT2D eigenvalue weighted by Gasteiger charge is -2.34. The van der Waals surface area contributed by atoms with Crippen molar-refractivity contribution in [3.8, 4) is 0 Å². The highest BCUT2D eigenvalue weighted by molar-refractivity contribution is 6.30. The van der Waals surface area contributed by atoms with E-state index in [1.165, 1.54) is 6.07 Å². The Labute approximate surface area is 108 Å². The van der Waals surface area contributed by atoms with Crippen LogP contribution in [-0.4, -0.2) is 17.1 Å².